The predicted molar refractivity (Wildman–Crippen MR) is 115 cm³/mol. The molecular formula is C24H19ClN2O3. The minimum atomic E-state index is -0.876. The van der Waals surface area contributed by atoms with Crippen molar-refractivity contribution in [1.82, 2.24) is 0 Å². The molecule has 0 spiro atoms. The fourth-order valence-corrected chi connectivity index (χ4v) is 4.36. The molecule has 30 heavy (non-hydrogen) atoms. The summed E-state index contributed by atoms with van der Waals surface area (Å²) < 4.78 is 0. The number of rotatable bonds is 3. The number of nitrogens with zero attached hydrogens (tertiary/aromatic N) is 2. The highest BCUT2D eigenvalue weighted by atomic mass is 35.5. The van der Waals surface area contributed by atoms with E-state index in [1.807, 2.05) is 67.6 Å². The molecule has 2 aliphatic heterocycles. The first-order chi connectivity index (χ1) is 14.5. The first-order valence-corrected chi connectivity index (χ1v) is 10.1. The van der Waals surface area contributed by atoms with E-state index in [0.717, 1.165) is 16.8 Å². The highest BCUT2D eigenvalue weighted by molar-refractivity contribution is 6.30. The second-order valence-electron chi connectivity index (χ2n) is 7.56. The van der Waals surface area contributed by atoms with Crippen LogP contribution in [0.4, 0.5) is 11.4 Å². The molecule has 5 rings (SSSR count). The number of fused-ring (bicyclic) bond motifs is 1. The molecule has 3 aromatic rings. The Morgan fingerprint density at radius 3 is 2.23 bits per heavy atom. The molecule has 2 saturated heterocycles. The van der Waals surface area contributed by atoms with Crippen molar-refractivity contribution in [3.05, 3.63) is 95.0 Å². The fourth-order valence-electron chi connectivity index (χ4n) is 4.23. The second kappa shape index (κ2) is 7.27. The van der Waals surface area contributed by atoms with Crippen molar-refractivity contribution in [3.63, 3.8) is 0 Å². The molecule has 6 heteroatoms. The molecule has 3 aromatic carbocycles. The van der Waals surface area contributed by atoms with Crippen LogP contribution in [0.25, 0.3) is 0 Å². The van der Waals surface area contributed by atoms with Gasteiger partial charge >= 0.3 is 0 Å². The van der Waals surface area contributed by atoms with Crippen molar-refractivity contribution in [2.75, 3.05) is 9.96 Å². The van der Waals surface area contributed by atoms with E-state index in [4.69, 9.17) is 16.4 Å². The summed E-state index contributed by atoms with van der Waals surface area (Å²) in [5.74, 6) is -1.25. The first kappa shape index (κ1) is 18.9. The Morgan fingerprint density at radius 1 is 0.833 bits per heavy atom. The highest BCUT2D eigenvalue weighted by Gasteiger charge is 2.60. The number of aryl methyl sites for hydroxylation is 1. The Morgan fingerprint density at radius 2 is 1.53 bits per heavy atom. The van der Waals surface area contributed by atoms with Gasteiger partial charge < -0.3 is 0 Å². The maximum atomic E-state index is 13.5. The standard InChI is InChI=1S/C24H19ClN2O3/c1-15-6-5-9-19(14-15)26-23(28)20-21(16-10-12-17(25)13-11-16)27(30-22(20)24(26)29)18-7-3-2-4-8-18/h2-14,20-22H,1H3/t20-,21-,22-/m0/s1. The maximum Gasteiger partial charge on any atom is 0.266 e. The summed E-state index contributed by atoms with van der Waals surface area (Å²) in [6.07, 6.45) is -0.876. The average Bonchev–Trinajstić information content (AvgIpc) is 3.26. The van der Waals surface area contributed by atoms with Gasteiger partial charge in [0, 0.05) is 5.02 Å². The summed E-state index contributed by atoms with van der Waals surface area (Å²) in [5.41, 5.74) is 3.20. The Hall–Kier alpha value is -3.15. The van der Waals surface area contributed by atoms with Gasteiger partial charge in [0.15, 0.2) is 6.10 Å². The summed E-state index contributed by atoms with van der Waals surface area (Å²) in [4.78, 5) is 34.1. The average molecular weight is 419 g/mol. The van der Waals surface area contributed by atoms with Gasteiger partial charge in [0.1, 0.15) is 5.92 Å². The quantitative estimate of drug-likeness (QED) is 0.578. The molecule has 0 aromatic heterocycles. The van der Waals surface area contributed by atoms with E-state index in [9.17, 15) is 9.59 Å². The number of hydroxylamine groups is 1. The number of amides is 2. The minimum absolute atomic E-state index is 0.256. The van der Waals surface area contributed by atoms with E-state index < -0.39 is 18.1 Å². The zero-order valence-electron chi connectivity index (χ0n) is 16.2. The van der Waals surface area contributed by atoms with Crippen LogP contribution >= 0.6 is 11.6 Å². The number of benzene rings is 3. The number of carbonyl (C=O) groups excluding carboxylic acids is 2. The SMILES string of the molecule is Cc1cccc(N2C(=O)[C@@H]3[C@H](ON(c4ccccc4)[C@H]3c3ccc(Cl)cc3)C2=O)c1. The van der Waals surface area contributed by atoms with Gasteiger partial charge in [0.2, 0.25) is 5.91 Å². The van der Waals surface area contributed by atoms with Crippen LogP contribution in [0.2, 0.25) is 5.02 Å². The number of carbonyl (C=O) groups is 2. The molecule has 2 amide bonds. The second-order valence-corrected chi connectivity index (χ2v) is 8.00. The molecule has 0 unspecified atom stereocenters. The van der Waals surface area contributed by atoms with Crippen LogP contribution < -0.4 is 9.96 Å². The smallest absolute Gasteiger partial charge is 0.266 e. The summed E-state index contributed by atoms with van der Waals surface area (Å²) in [7, 11) is 0. The number of anilines is 2. The van der Waals surface area contributed by atoms with E-state index in [2.05, 4.69) is 0 Å². The van der Waals surface area contributed by atoms with E-state index in [-0.39, 0.29) is 11.8 Å². The lowest BCUT2D eigenvalue weighted by atomic mass is 9.90. The molecule has 5 nitrogen and oxygen atoms in total. The molecule has 0 N–H and O–H groups in total. The van der Waals surface area contributed by atoms with Crippen LogP contribution in [0.3, 0.4) is 0 Å². The van der Waals surface area contributed by atoms with Crippen molar-refractivity contribution in [3.8, 4) is 0 Å². The van der Waals surface area contributed by atoms with Gasteiger partial charge in [-0.1, -0.05) is 54.1 Å². The number of hydrogen-bond donors (Lipinski definition) is 0. The van der Waals surface area contributed by atoms with Crippen LogP contribution in [-0.4, -0.2) is 17.9 Å². The van der Waals surface area contributed by atoms with Crippen molar-refractivity contribution < 1.29 is 14.4 Å². The molecule has 2 heterocycles. The lowest BCUT2D eigenvalue weighted by molar-refractivity contribution is -0.126. The number of hydrogen-bond acceptors (Lipinski definition) is 4. The van der Waals surface area contributed by atoms with Crippen molar-refractivity contribution in [2.24, 2.45) is 5.92 Å². The molecule has 0 aliphatic carbocycles. The molecular weight excluding hydrogens is 400 g/mol. The topological polar surface area (TPSA) is 49.9 Å². The van der Waals surface area contributed by atoms with Crippen LogP contribution in [0.15, 0.2) is 78.9 Å². The largest absolute Gasteiger partial charge is 0.273 e. The van der Waals surface area contributed by atoms with Gasteiger partial charge in [-0.3, -0.25) is 14.4 Å². The van der Waals surface area contributed by atoms with Crippen LogP contribution in [0.5, 0.6) is 0 Å². The Balaban J connectivity index is 1.59. The zero-order chi connectivity index (χ0) is 20.8. The van der Waals surface area contributed by atoms with E-state index in [1.165, 1.54) is 4.90 Å². The molecule has 0 saturated carbocycles. The molecule has 3 atom stereocenters. The monoisotopic (exact) mass is 418 g/mol. The van der Waals surface area contributed by atoms with Gasteiger partial charge in [-0.25, -0.2) is 9.96 Å². The molecule has 150 valence electrons. The van der Waals surface area contributed by atoms with Crippen LogP contribution in [0.1, 0.15) is 17.2 Å². The molecule has 0 radical (unpaired) electrons. The first-order valence-electron chi connectivity index (χ1n) is 9.75. The normalized spacial score (nSPS) is 23.2. The third-order valence-electron chi connectivity index (χ3n) is 5.60. The Labute approximate surface area is 179 Å². The number of halogens is 1. The number of imide groups is 1. The van der Waals surface area contributed by atoms with Gasteiger partial charge in [-0.2, -0.15) is 0 Å². The summed E-state index contributed by atoms with van der Waals surface area (Å²) in [6, 6.07) is 23.8. The summed E-state index contributed by atoms with van der Waals surface area (Å²) in [5, 5.41) is 2.29. The van der Waals surface area contributed by atoms with E-state index in [1.54, 1.807) is 23.3 Å². The summed E-state index contributed by atoms with van der Waals surface area (Å²) >= 11 is 6.08. The van der Waals surface area contributed by atoms with E-state index >= 15 is 0 Å². The van der Waals surface area contributed by atoms with Gasteiger partial charge in [-0.15, -0.1) is 0 Å². The number of para-hydroxylation sites is 1. The molecule has 0 bridgehead atoms. The fraction of sp³-hybridized carbons (Fsp3) is 0.167. The third kappa shape index (κ3) is 2.98. The van der Waals surface area contributed by atoms with Gasteiger partial charge in [0.25, 0.3) is 5.91 Å². The third-order valence-corrected chi connectivity index (χ3v) is 5.85. The van der Waals surface area contributed by atoms with Crippen molar-refractivity contribution in [1.29, 1.82) is 0 Å². The Kier molecular flexibility index (Phi) is 4.57. The lowest BCUT2D eigenvalue weighted by Gasteiger charge is -2.28. The summed E-state index contributed by atoms with van der Waals surface area (Å²) in [6.45, 7) is 1.93. The van der Waals surface area contributed by atoms with Gasteiger partial charge in [-0.05, 0) is 54.4 Å². The molecule has 2 fully saturated rings. The highest BCUT2D eigenvalue weighted by Crippen LogP contribution is 2.47. The lowest BCUT2D eigenvalue weighted by Crippen LogP contribution is -2.37. The molecule has 2 aliphatic rings. The van der Waals surface area contributed by atoms with E-state index in [0.29, 0.717) is 10.7 Å². The van der Waals surface area contributed by atoms with Gasteiger partial charge in [0.05, 0.1) is 17.4 Å². The zero-order valence-corrected chi connectivity index (χ0v) is 17.0. The minimum Gasteiger partial charge on any atom is -0.273 e. The van der Waals surface area contributed by atoms with Crippen LogP contribution in [0, 0.1) is 12.8 Å². The predicted octanol–water partition coefficient (Wildman–Crippen LogP) is 4.70. The maximum absolute atomic E-state index is 13.5. The van der Waals surface area contributed by atoms with Crippen LogP contribution in [-0.2, 0) is 14.4 Å². The van der Waals surface area contributed by atoms with Crippen molar-refractivity contribution in [2.45, 2.75) is 19.1 Å². The Bertz CT molecular complexity index is 1120. The van der Waals surface area contributed by atoms with Crippen molar-refractivity contribution >= 4 is 34.8 Å².